The molecule has 4 aromatic heterocycles. The van der Waals surface area contributed by atoms with Crippen LogP contribution in [-0.2, 0) is 50.1 Å². The molecule has 5 aliphatic heterocycles. The maximum Gasteiger partial charge on any atom is 0.586 e. The number of aromatic nitrogens is 4. The van der Waals surface area contributed by atoms with Gasteiger partial charge in [0.2, 0.25) is 23.6 Å². The number of carbonyl (C=O) groups is 8. The van der Waals surface area contributed by atoms with Crippen molar-refractivity contribution in [3.63, 3.8) is 0 Å². The van der Waals surface area contributed by atoms with Crippen LogP contribution in [0.4, 0.5) is 58.4 Å². The van der Waals surface area contributed by atoms with E-state index in [1.165, 1.54) is 97.1 Å². The Morgan fingerprint density at radius 3 is 0.932 bits per heavy atom. The van der Waals surface area contributed by atoms with Crippen LogP contribution in [0, 0.1) is 27.7 Å². The number of anilines is 4. The Balaban J connectivity index is 0.000000128. The average molecular weight is 2100 g/mol. The van der Waals surface area contributed by atoms with E-state index in [0.717, 1.165) is 27.7 Å². The van der Waals surface area contributed by atoms with E-state index in [4.69, 9.17) is 41.2 Å². The van der Waals surface area contributed by atoms with Crippen molar-refractivity contribution in [1.29, 1.82) is 0 Å². The minimum atomic E-state index is -3.72. The van der Waals surface area contributed by atoms with Crippen molar-refractivity contribution >= 4 is 123 Å². The topological polar surface area (TPSA) is 450 Å². The number of hydrogen-bond acceptors (Lipinski definition) is 24. The molecule has 4 saturated carbocycles. The highest BCUT2D eigenvalue weighted by atomic mass is 79.9. The van der Waals surface area contributed by atoms with E-state index in [9.17, 15) is 83.7 Å². The number of rotatable bonds is 20. The molecule has 0 bridgehead atoms. The van der Waals surface area contributed by atoms with Gasteiger partial charge in [0.1, 0.15) is 33.0 Å². The van der Waals surface area contributed by atoms with Crippen molar-refractivity contribution in [2.75, 3.05) is 21.3 Å². The first-order valence-corrected chi connectivity index (χ1v) is 46.1. The second-order valence-electron chi connectivity index (χ2n) is 36.4. The fraction of sp³-hybridized carbons (Fsp3) is 0.255. The Labute approximate surface area is 839 Å². The van der Waals surface area contributed by atoms with Gasteiger partial charge in [0.25, 0.3) is 0 Å². The number of nitrogens with one attached hydrogen (secondary N) is 4. The Hall–Kier alpha value is -15.3. The third-order valence-electron chi connectivity index (χ3n) is 25.6. The van der Waals surface area contributed by atoms with Gasteiger partial charge in [-0.3, -0.25) is 19.2 Å². The van der Waals surface area contributed by atoms with Crippen molar-refractivity contribution < 1.29 is 151 Å². The first-order valence-electron chi connectivity index (χ1n) is 44.9. The Morgan fingerprint density at radius 2 is 0.623 bits per heavy atom. The van der Waals surface area contributed by atoms with Crippen LogP contribution in [0.1, 0.15) is 165 Å². The van der Waals surface area contributed by atoms with Crippen molar-refractivity contribution in [1.82, 2.24) is 19.9 Å². The van der Waals surface area contributed by atoms with E-state index < -0.39 is 96.2 Å². The van der Waals surface area contributed by atoms with Gasteiger partial charge in [-0.15, -0.1) is 35.1 Å². The van der Waals surface area contributed by atoms with Crippen LogP contribution in [0.15, 0.2) is 223 Å². The van der Waals surface area contributed by atoms with Gasteiger partial charge < -0.3 is 98.9 Å². The first-order chi connectivity index (χ1) is 68.7. The molecule has 0 unspecified atom stereocenters. The van der Waals surface area contributed by atoms with Crippen molar-refractivity contribution in [3.8, 4) is 68.5 Å². The minimum Gasteiger partial charge on any atom is -0.478 e. The summed E-state index contributed by atoms with van der Waals surface area (Å²) < 4.78 is 154. The lowest BCUT2D eigenvalue weighted by Gasteiger charge is -2.32. The molecule has 0 atom stereocenters. The molecule has 44 heteroatoms. The Kier molecular flexibility index (Phi) is 28.1. The SMILES string of the molecule is CC1(C)OB(c2cccc(C(=O)O)c2)OC1(C)C.Cc1ccc(NC(=O)C2(c3ccc4c(c3)OC(F)(F)O4)CC2)nc1-c1cccc(C(=O)O)c1.Cc1ccc(NC(=O)C2(c3ccc4c(c3)OC(F)(F)O4)CC2)nc1-c1cccc(C(=O)O)c1.Cc1ccc(NC(=O)C2(c3ccc4c(c3)OC(F)(F)O4)CC2)nc1Br.Cc1ccc(NC(=O)C2(c3ccc4c(c3)OC(F)(F)O4)CC2)nc1Cl.O=C(O)c1cccc(B(O)O)c1. The molecular formula is C102H86B2BrClF8N8O24. The number of fused-ring (bicyclic) bond motifs is 4. The molecule has 4 aliphatic carbocycles. The predicted octanol–water partition coefficient (Wildman–Crippen LogP) is 18.4. The molecular weight excluding hydrogens is 2010 g/mol. The first kappa shape index (κ1) is 104. The Morgan fingerprint density at radius 1 is 0.342 bits per heavy atom. The number of hydrogen-bond donors (Lipinski definition) is 10. The molecule has 1 saturated heterocycles. The number of ether oxygens (including phenoxy) is 8. The number of halogens is 10. The summed E-state index contributed by atoms with van der Waals surface area (Å²) in [5.74, 6) is -4.41. The molecule has 4 amide bonds. The number of aryl methyl sites for hydroxylation is 4. The molecule has 9 aliphatic rings. The van der Waals surface area contributed by atoms with Crippen LogP contribution in [0.5, 0.6) is 46.0 Å². The average Bonchev–Trinajstić information content (AvgIpc) is 1.58. The minimum absolute atomic E-state index is 0.0333. The van der Waals surface area contributed by atoms with E-state index in [1.54, 1.807) is 109 Å². The summed E-state index contributed by atoms with van der Waals surface area (Å²) in [5.41, 5.74) is 5.38. The monoisotopic (exact) mass is 2090 g/mol. The number of carbonyl (C=O) groups excluding carboxylic acids is 4. The highest BCUT2D eigenvalue weighted by Gasteiger charge is 2.58. The van der Waals surface area contributed by atoms with E-state index in [0.29, 0.717) is 129 Å². The maximum atomic E-state index is 13.3. The van der Waals surface area contributed by atoms with Gasteiger partial charge in [0, 0.05) is 11.1 Å². The number of pyridine rings is 4. The highest BCUT2D eigenvalue weighted by molar-refractivity contribution is 9.10. The van der Waals surface area contributed by atoms with Gasteiger partial charge in [0.15, 0.2) is 46.0 Å². The Bertz CT molecular complexity index is 6900. The molecule has 0 radical (unpaired) electrons. The van der Waals surface area contributed by atoms with Gasteiger partial charge in [0.05, 0.1) is 66.5 Å². The van der Waals surface area contributed by atoms with Crippen molar-refractivity contribution in [3.05, 3.63) is 295 Å². The number of carboxylic acids is 4. The number of alkyl halides is 8. The van der Waals surface area contributed by atoms with Gasteiger partial charge in [-0.25, -0.2) is 39.1 Å². The van der Waals surface area contributed by atoms with Gasteiger partial charge in [-0.05, 0) is 299 Å². The van der Waals surface area contributed by atoms with Crippen LogP contribution >= 0.6 is 27.5 Å². The molecule has 12 aromatic rings. The van der Waals surface area contributed by atoms with E-state index in [2.05, 4.69) is 95.0 Å². The largest absolute Gasteiger partial charge is 0.586 e. The standard InChI is InChI=1S/2C24H18F2N2O5.C17H13BrF2N2O3.C17H13ClF2N2O3.C13H17BO4.C7H7BO4/c2*1-13-5-8-19(27-20(13)14-3-2-4-15(11-14)21(29)30)28-22(31)23(9-10-23)16-6-7-17-18(12-16)33-24(25,26)32-17;2*1-9-2-5-13(21-14(9)18)22-15(23)16(6-7-16)10-3-4-11-12(8-10)25-17(19,20)24-11;1-12(2)13(3,4)18-14(17-12)10-7-5-6-9(8-10)11(15)16;9-7(10)5-2-1-3-6(4-5)8(11)12/h2*2-8,11-12H,9-10H2,1H3,(H,29,30)(H,27,28,31);2*2-5,8H,6-7H2,1H3,(H,21,22,23);5-8H,1-4H3,(H,15,16);1-4,11-12H,(H,9,10). The lowest BCUT2D eigenvalue weighted by Crippen LogP contribution is -2.41. The van der Waals surface area contributed by atoms with E-state index in [1.807, 2.05) is 67.5 Å². The zero-order valence-corrected chi connectivity index (χ0v) is 80.5. The van der Waals surface area contributed by atoms with Crippen LogP contribution in [0.2, 0.25) is 5.15 Å². The van der Waals surface area contributed by atoms with Crippen LogP contribution in [-0.4, -0.2) is 149 Å². The predicted molar refractivity (Wildman–Crippen MR) is 514 cm³/mol. The number of nitrogens with zero attached hydrogens (tertiary/aromatic N) is 4. The number of benzene rings is 8. The fourth-order valence-electron chi connectivity index (χ4n) is 16.2. The lowest BCUT2D eigenvalue weighted by atomic mass is 9.78. The van der Waals surface area contributed by atoms with Crippen LogP contribution in [0.25, 0.3) is 22.5 Å². The summed E-state index contributed by atoms with van der Waals surface area (Å²) >= 11 is 9.30. The summed E-state index contributed by atoms with van der Waals surface area (Å²) in [6, 6.07) is 56.4. The molecule has 8 aromatic carbocycles. The zero-order chi connectivity index (χ0) is 105. The van der Waals surface area contributed by atoms with Crippen molar-refractivity contribution in [2.45, 2.75) is 165 Å². The zero-order valence-electron chi connectivity index (χ0n) is 78.2. The summed E-state index contributed by atoms with van der Waals surface area (Å²) in [7, 11) is -2.14. The molecule has 32 nitrogen and oxygen atoms in total. The van der Waals surface area contributed by atoms with Crippen LogP contribution in [0.3, 0.4) is 0 Å². The summed E-state index contributed by atoms with van der Waals surface area (Å²) in [5, 5.41) is 64.9. The third-order valence-corrected chi connectivity index (χ3v) is 26.8. The van der Waals surface area contributed by atoms with Gasteiger partial charge in [-0.1, -0.05) is 109 Å². The molecule has 146 heavy (non-hydrogen) atoms. The maximum absolute atomic E-state index is 13.3. The van der Waals surface area contributed by atoms with Gasteiger partial charge >= 0.3 is 63.3 Å². The summed E-state index contributed by atoms with van der Waals surface area (Å²) in [6.45, 7) is 15.3. The third kappa shape index (κ3) is 22.8. The molecule has 21 rings (SSSR count). The lowest BCUT2D eigenvalue weighted by molar-refractivity contribution is -0.287. The second-order valence-corrected chi connectivity index (χ2v) is 37.5. The quantitative estimate of drug-likeness (QED) is 0.0192. The molecule has 9 heterocycles. The molecule has 0 spiro atoms. The van der Waals surface area contributed by atoms with Crippen LogP contribution < -0.4 is 70.1 Å². The van der Waals surface area contributed by atoms with E-state index >= 15 is 0 Å². The van der Waals surface area contributed by atoms with E-state index in [-0.39, 0.29) is 97.3 Å². The number of aromatic carboxylic acids is 4. The normalized spacial score (nSPS) is 17.4. The van der Waals surface area contributed by atoms with Gasteiger partial charge in [-0.2, -0.15) is 0 Å². The molecule has 10 N–H and O–H groups in total. The number of carboxylic acid groups (broad SMARTS) is 4. The summed E-state index contributed by atoms with van der Waals surface area (Å²) in [6.07, 6.45) is -10.1. The smallest absolute Gasteiger partial charge is 0.478 e. The van der Waals surface area contributed by atoms with Crippen molar-refractivity contribution in [2.24, 2.45) is 0 Å². The highest BCUT2D eigenvalue weighted by Crippen LogP contribution is 2.57. The molecule has 754 valence electrons. The second kappa shape index (κ2) is 39.7. The molecule has 5 fully saturated rings. The number of amides is 4. The summed E-state index contributed by atoms with van der Waals surface area (Å²) in [4.78, 5) is 113. The fourth-order valence-corrected chi connectivity index (χ4v) is 16.7.